The molecule has 2 saturated heterocycles. The van der Waals surface area contributed by atoms with Gasteiger partial charge in [-0.05, 0) is 58.5 Å². The van der Waals surface area contributed by atoms with E-state index in [0.717, 1.165) is 60.8 Å². The molecule has 4 rings (SSSR count). The molecule has 0 N–H and O–H groups in total. The highest BCUT2D eigenvalue weighted by molar-refractivity contribution is 6.35. The van der Waals surface area contributed by atoms with Gasteiger partial charge in [-0.1, -0.05) is 11.6 Å². The fourth-order valence-corrected chi connectivity index (χ4v) is 4.90. The standard InChI is InChI=1S/C22H31ClN4O/c1-16(2)25-9-11-26(12-10-25)22(28)17-6-7-21-19(13-17)20(23)15-27(21)18-5-4-8-24(3)14-18/h6-7,13,15-16,18H,4-5,8-12,14H2,1-3H3. The molecule has 0 radical (unpaired) electrons. The zero-order chi connectivity index (χ0) is 19.8. The number of rotatable bonds is 3. The summed E-state index contributed by atoms with van der Waals surface area (Å²) in [5.41, 5.74) is 1.87. The van der Waals surface area contributed by atoms with Gasteiger partial charge in [0.1, 0.15) is 0 Å². The zero-order valence-electron chi connectivity index (χ0n) is 17.2. The van der Waals surface area contributed by atoms with E-state index in [2.05, 4.69) is 41.3 Å². The molecule has 0 saturated carbocycles. The van der Waals surface area contributed by atoms with Crippen molar-refractivity contribution in [1.29, 1.82) is 0 Å². The molecule has 1 aromatic carbocycles. The number of aromatic nitrogens is 1. The van der Waals surface area contributed by atoms with Gasteiger partial charge in [0.15, 0.2) is 0 Å². The number of hydrogen-bond donors (Lipinski definition) is 0. The average molecular weight is 403 g/mol. The molecular formula is C22H31ClN4O. The van der Waals surface area contributed by atoms with Crippen molar-refractivity contribution in [2.75, 3.05) is 46.3 Å². The predicted molar refractivity (Wildman–Crippen MR) is 115 cm³/mol. The van der Waals surface area contributed by atoms with Crippen molar-refractivity contribution in [1.82, 2.24) is 19.3 Å². The Morgan fingerprint density at radius 1 is 1.14 bits per heavy atom. The lowest BCUT2D eigenvalue weighted by Gasteiger charge is -2.37. The number of carbonyl (C=O) groups excluding carboxylic acids is 1. The van der Waals surface area contributed by atoms with E-state index < -0.39 is 0 Å². The maximum Gasteiger partial charge on any atom is 0.253 e. The summed E-state index contributed by atoms with van der Waals surface area (Å²) in [5, 5.41) is 1.73. The van der Waals surface area contributed by atoms with Crippen molar-refractivity contribution < 1.29 is 4.79 Å². The first kappa shape index (κ1) is 19.7. The number of benzene rings is 1. The van der Waals surface area contributed by atoms with Crippen LogP contribution in [-0.4, -0.2) is 77.5 Å². The van der Waals surface area contributed by atoms with Crippen molar-refractivity contribution in [2.24, 2.45) is 0 Å². The van der Waals surface area contributed by atoms with E-state index in [4.69, 9.17) is 11.6 Å². The van der Waals surface area contributed by atoms with Gasteiger partial charge in [0.05, 0.1) is 5.02 Å². The van der Waals surface area contributed by atoms with E-state index in [0.29, 0.717) is 12.1 Å². The molecule has 0 aliphatic carbocycles. The van der Waals surface area contributed by atoms with E-state index in [1.54, 1.807) is 0 Å². The molecule has 2 fully saturated rings. The van der Waals surface area contributed by atoms with Gasteiger partial charge in [0.2, 0.25) is 0 Å². The third-order valence-electron chi connectivity index (χ3n) is 6.36. The normalized spacial score (nSPS) is 22.3. The van der Waals surface area contributed by atoms with Crippen LogP contribution in [0.4, 0.5) is 0 Å². The summed E-state index contributed by atoms with van der Waals surface area (Å²) in [6, 6.07) is 7.01. The number of carbonyl (C=O) groups is 1. The van der Waals surface area contributed by atoms with Gasteiger partial charge in [0.25, 0.3) is 5.91 Å². The number of piperazine rings is 1. The highest BCUT2D eigenvalue weighted by Gasteiger charge is 2.25. The number of hydrogen-bond acceptors (Lipinski definition) is 3. The summed E-state index contributed by atoms with van der Waals surface area (Å²) in [6.07, 6.45) is 4.42. The van der Waals surface area contributed by atoms with Crippen molar-refractivity contribution >= 4 is 28.4 Å². The van der Waals surface area contributed by atoms with Gasteiger partial charge in [-0.3, -0.25) is 9.69 Å². The van der Waals surface area contributed by atoms with Crippen LogP contribution in [0.2, 0.25) is 5.02 Å². The average Bonchev–Trinajstić information content (AvgIpc) is 3.03. The molecular weight excluding hydrogens is 372 g/mol. The summed E-state index contributed by atoms with van der Waals surface area (Å²) in [6.45, 7) is 10.1. The first-order valence-electron chi connectivity index (χ1n) is 10.5. The highest BCUT2D eigenvalue weighted by atomic mass is 35.5. The molecule has 6 heteroatoms. The number of fused-ring (bicyclic) bond motifs is 1. The van der Waals surface area contributed by atoms with E-state index in [-0.39, 0.29) is 5.91 Å². The third kappa shape index (κ3) is 3.80. The van der Waals surface area contributed by atoms with Crippen LogP contribution in [0.15, 0.2) is 24.4 Å². The second-order valence-corrected chi connectivity index (χ2v) is 9.00. The quantitative estimate of drug-likeness (QED) is 0.784. The lowest BCUT2D eigenvalue weighted by molar-refractivity contribution is 0.0595. The smallest absolute Gasteiger partial charge is 0.253 e. The molecule has 1 unspecified atom stereocenters. The van der Waals surface area contributed by atoms with Crippen molar-refractivity contribution in [3.05, 3.63) is 35.0 Å². The van der Waals surface area contributed by atoms with Crippen LogP contribution in [0.25, 0.3) is 10.9 Å². The van der Waals surface area contributed by atoms with Gasteiger partial charge < -0.3 is 14.4 Å². The van der Waals surface area contributed by atoms with Gasteiger partial charge in [-0.25, -0.2) is 0 Å². The first-order valence-corrected chi connectivity index (χ1v) is 10.8. The Morgan fingerprint density at radius 3 is 2.57 bits per heavy atom. The number of likely N-dealkylation sites (N-methyl/N-ethyl adjacent to an activating group) is 1. The topological polar surface area (TPSA) is 31.7 Å². The van der Waals surface area contributed by atoms with Crippen LogP contribution >= 0.6 is 11.6 Å². The lowest BCUT2D eigenvalue weighted by Crippen LogP contribution is -2.50. The molecule has 152 valence electrons. The second kappa shape index (κ2) is 8.05. The molecule has 28 heavy (non-hydrogen) atoms. The Hall–Kier alpha value is -1.56. The Balaban J connectivity index is 1.55. The van der Waals surface area contributed by atoms with E-state index in [9.17, 15) is 4.79 Å². The maximum atomic E-state index is 13.0. The minimum Gasteiger partial charge on any atom is -0.342 e. The number of piperidine rings is 1. The number of amides is 1. The largest absolute Gasteiger partial charge is 0.342 e. The molecule has 3 heterocycles. The molecule has 0 bridgehead atoms. The van der Waals surface area contributed by atoms with Gasteiger partial charge >= 0.3 is 0 Å². The monoisotopic (exact) mass is 402 g/mol. The van der Waals surface area contributed by atoms with Crippen LogP contribution in [-0.2, 0) is 0 Å². The molecule has 1 atom stereocenters. The second-order valence-electron chi connectivity index (χ2n) is 8.60. The zero-order valence-corrected chi connectivity index (χ0v) is 18.0. The molecule has 2 aliphatic rings. The van der Waals surface area contributed by atoms with E-state index in [1.165, 1.54) is 12.8 Å². The number of halogens is 1. The molecule has 0 spiro atoms. The maximum absolute atomic E-state index is 13.0. The Bertz CT molecular complexity index is 854. The Kier molecular flexibility index (Phi) is 5.68. The van der Waals surface area contributed by atoms with Crippen molar-refractivity contribution in [3.8, 4) is 0 Å². The number of nitrogens with zero attached hydrogens (tertiary/aromatic N) is 4. The summed E-state index contributed by atoms with van der Waals surface area (Å²) in [5.74, 6) is 0.117. The summed E-state index contributed by atoms with van der Waals surface area (Å²) >= 11 is 6.58. The molecule has 1 amide bonds. The Morgan fingerprint density at radius 2 is 1.89 bits per heavy atom. The summed E-state index contributed by atoms with van der Waals surface area (Å²) in [7, 11) is 2.18. The molecule has 2 aliphatic heterocycles. The SMILES string of the molecule is CC(C)N1CCN(C(=O)c2ccc3c(c2)c(Cl)cn3C2CCCN(C)C2)CC1. The van der Waals surface area contributed by atoms with Crippen LogP contribution in [0.5, 0.6) is 0 Å². The van der Waals surface area contributed by atoms with Gasteiger partial charge in [-0.2, -0.15) is 0 Å². The van der Waals surface area contributed by atoms with E-state index in [1.807, 2.05) is 23.2 Å². The van der Waals surface area contributed by atoms with Crippen molar-refractivity contribution in [3.63, 3.8) is 0 Å². The predicted octanol–water partition coefficient (Wildman–Crippen LogP) is 3.73. The van der Waals surface area contributed by atoms with E-state index >= 15 is 0 Å². The van der Waals surface area contributed by atoms with Gasteiger partial charge in [-0.15, -0.1) is 0 Å². The fourth-order valence-electron chi connectivity index (χ4n) is 4.64. The van der Waals surface area contributed by atoms with Gasteiger partial charge in [0, 0.05) is 67.5 Å². The first-order chi connectivity index (χ1) is 13.4. The number of likely N-dealkylation sites (tertiary alicyclic amines) is 1. The third-order valence-corrected chi connectivity index (χ3v) is 6.66. The fraction of sp³-hybridized carbons (Fsp3) is 0.591. The van der Waals surface area contributed by atoms with Crippen LogP contribution in [0.3, 0.4) is 0 Å². The minimum atomic E-state index is 0.117. The van der Waals surface area contributed by atoms with Crippen molar-refractivity contribution in [2.45, 2.75) is 38.8 Å². The molecule has 5 nitrogen and oxygen atoms in total. The molecule has 2 aromatic rings. The minimum absolute atomic E-state index is 0.117. The summed E-state index contributed by atoms with van der Waals surface area (Å²) < 4.78 is 2.31. The molecule has 1 aromatic heterocycles. The lowest BCUT2D eigenvalue weighted by atomic mass is 10.1. The van der Waals surface area contributed by atoms with Crippen LogP contribution in [0.1, 0.15) is 43.1 Å². The highest BCUT2D eigenvalue weighted by Crippen LogP contribution is 2.32. The Labute approximate surface area is 172 Å². The van der Waals surface area contributed by atoms with Crippen LogP contribution in [0, 0.1) is 0 Å². The summed E-state index contributed by atoms with van der Waals surface area (Å²) in [4.78, 5) is 19.8. The van der Waals surface area contributed by atoms with Crippen LogP contribution < -0.4 is 0 Å².